The number of nitrogens with zero attached hydrogens (tertiary/aromatic N) is 5. The van der Waals surface area contributed by atoms with E-state index in [1.807, 2.05) is 7.05 Å². The Hall–Kier alpha value is -2.52. The van der Waals surface area contributed by atoms with E-state index in [4.69, 9.17) is 0 Å². The standard InChI is InChI=1S/C23H33N5O/c1-18-6-5-7-22(19(18)2)28-14-12-27(13-15-28)17-20(16-24)23(29)26(4)21-8-10-25(3)11-9-21/h5-7,17,21H,8-15H2,1-4H3/b20-17-. The molecule has 0 atom stereocenters. The van der Waals surface area contributed by atoms with Gasteiger partial charge in [0, 0.05) is 51.2 Å². The summed E-state index contributed by atoms with van der Waals surface area (Å²) >= 11 is 0. The maximum absolute atomic E-state index is 12.9. The number of piperidine rings is 1. The van der Waals surface area contributed by atoms with Gasteiger partial charge in [-0.15, -0.1) is 0 Å². The number of anilines is 1. The van der Waals surface area contributed by atoms with E-state index in [1.165, 1.54) is 16.8 Å². The van der Waals surface area contributed by atoms with Crippen LogP contribution in [0.4, 0.5) is 5.69 Å². The Morgan fingerprint density at radius 1 is 1.14 bits per heavy atom. The molecular formula is C23H33N5O. The first-order valence-electron chi connectivity index (χ1n) is 10.5. The van der Waals surface area contributed by atoms with E-state index in [9.17, 15) is 10.1 Å². The van der Waals surface area contributed by atoms with Crippen LogP contribution in [0.1, 0.15) is 24.0 Å². The second-order valence-electron chi connectivity index (χ2n) is 8.35. The van der Waals surface area contributed by atoms with Crippen LogP contribution in [0.3, 0.4) is 0 Å². The number of carbonyl (C=O) groups excluding carboxylic acids is 1. The lowest BCUT2D eigenvalue weighted by Gasteiger charge is -2.37. The number of benzene rings is 1. The molecule has 0 bridgehead atoms. The predicted molar refractivity (Wildman–Crippen MR) is 117 cm³/mol. The molecule has 1 aromatic carbocycles. The molecule has 1 aromatic rings. The summed E-state index contributed by atoms with van der Waals surface area (Å²) in [5.74, 6) is -0.154. The maximum atomic E-state index is 12.9. The van der Waals surface area contributed by atoms with Crippen molar-refractivity contribution in [3.05, 3.63) is 41.1 Å². The molecular weight excluding hydrogens is 362 g/mol. The summed E-state index contributed by atoms with van der Waals surface area (Å²) in [7, 11) is 3.94. The normalized spacial score (nSPS) is 19.2. The van der Waals surface area contributed by atoms with Gasteiger partial charge in [-0.3, -0.25) is 4.79 Å². The molecule has 29 heavy (non-hydrogen) atoms. The minimum atomic E-state index is -0.154. The van der Waals surface area contributed by atoms with Gasteiger partial charge in [0.15, 0.2) is 0 Å². The van der Waals surface area contributed by atoms with Crippen LogP contribution in [-0.4, -0.2) is 80.0 Å². The number of rotatable bonds is 4. The van der Waals surface area contributed by atoms with Crippen molar-refractivity contribution in [1.82, 2.24) is 14.7 Å². The fourth-order valence-corrected chi connectivity index (χ4v) is 4.22. The smallest absolute Gasteiger partial charge is 0.265 e. The predicted octanol–water partition coefficient (Wildman–Crippen LogP) is 2.39. The zero-order valence-corrected chi connectivity index (χ0v) is 18.2. The topological polar surface area (TPSA) is 53.8 Å². The quantitative estimate of drug-likeness (QED) is 0.579. The molecule has 2 aliphatic rings. The van der Waals surface area contributed by atoms with Crippen LogP contribution in [0, 0.1) is 25.2 Å². The van der Waals surface area contributed by atoms with E-state index in [1.54, 1.807) is 11.1 Å². The molecule has 0 spiro atoms. The lowest BCUT2D eigenvalue weighted by Crippen LogP contribution is -2.46. The highest BCUT2D eigenvalue weighted by atomic mass is 16.2. The van der Waals surface area contributed by atoms with Crippen LogP contribution in [0.2, 0.25) is 0 Å². The third-order valence-electron chi connectivity index (χ3n) is 6.45. The second-order valence-corrected chi connectivity index (χ2v) is 8.35. The first kappa shape index (κ1) is 21.2. The van der Waals surface area contributed by atoms with E-state index in [2.05, 4.69) is 59.9 Å². The van der Waals surface area contributed by atoms with Gasteiger partial charge < -0.3 is 19.6 Å². The number of piperazine rings is 1. The summed E-state index contributed by atoms with van der Waals surface area (Å²) in [6.07, 6.45) is 3.70. The lowest BCUT2D eigenvalue weighted by molar-refractivity contribution is -0.128. The van der Waals surface area contributed by atoms with Crippen LogP contribution < -0.4 is 4.90 Å². The summed E-state index contributed by atoms with van der Waals surface area (Å²) in [6, 6.07) is 8.78. The first-order valence-corrected chi connectivity index (χ1v) is 10.5. The van der Waals surface area contributed by atoms with Crippen molar-refractivity contribution in [3.63, 3.8) is 0 Å². The Morgan fingerprint density at radius 3 is 2.41 bits per heavy atom. The summed E-state index contributed by atoms with van der Waals surface area (Å²) in [5, 5.41) is 9.60. The average molecular weight is 396 g/mol. The van der Waals surface area contributed by atoms with E-state index >= 15 is 0 Å². The maximum Gasteiger partial charge on any atom is 0.265 e. The molecule has 6 nitrogen and oxygen atoms in total. The van der Waals surface area contributed by atoms with Gasteiger partial charge in [-0.05, 0) is 64.0 Å². The van der Waals surface area contributed by atoms with Gasteiger partial charge in [0.1, 0.15) is 11.6 Å². The fraction of sp³-hybridized carbons (Fsp3) is 0.565. The lowest BCUT2D eigenvalue weighted by atomic mass is 10.0. The van der Waals surface area contributed by atoms with Crippen molar-refractivity contribution in [2.45, 2.75) is 32.7 Å². The van der Waals surface area contributed by atoms with Crippen LogP contribution in [0.25, 0.3) is 0 Å². The molecule has 156 valence electrons. The molecule has 0 aromatic heterocycles. The van der Waals surface area contributed by atoms with Crippen LogP contribution >= 0.6 is 0 Å². The Labute approximate surface area is 175 Å². The van der Waals surface area contributed by atoms with Crippen molar-refractivity contribution >= 4 is 11.6 Å². The highest BCUT2D eigenvalue weighted by Gasteiger charge is 2.27. The Kier molecular flexibility index (Phi) is 6.81. The molecule has 3 rings (SSSR count). The van der Waals surface area contributed by atoms with E-state index in [0.717, 1.165) is 52.1 Å². The molecule has 1 amide bonds. The molecule has 2 heterocycles. The first-order chi connectivity index (χ1) is 13.9. The van der Waals surface area contributed by atoms with Gasteiger partial charge in [0.05, 0.1) is 0 Å². The van der Waals surface area contributed by atoms with Gasteiger partial charge in [0.25, 0.3) is 5.91 Å². The van der Waals surface area contributed by atoms with Gasteiger partial charge in [-0.25, -0.2) is 0 Å². The number of carbonyl (C=O) groups is 1. The number of nitriles is 1. The van der Waals surface area contributed by atoms with E-state index in [0.29, 0.717) is 0 Å². The number of likely N-dealkylation sites (tertiary alicyclic amines) is 1. The average Bonchev–Trinajstić information content (AvgIpc) is 2.74. The van der Waals surface area contributed by atoms with E-state index in [-0.39, 0.29) is 17.5 Å². The minimum absolute atomic E-state index is 0.154. The highest BCUT2D eigenvalue weighted by Crippen LogP contribution is 2.24. The molecule has 6 heteroatoms. The van der Waals surface area contributed by atoms with Crippen molar-refractivity contribution < 1.29 is 4.79 Å². The fourth-order valence-electron chi connectivity index (χ4n) is 4.22. The second kappa shape index (κ2) is 9.32. The van der Waals surface area contributed by atoms with Gasteiger partial charge >= 0.3 is 0 Å². The SMILES string of the molecule is Cc1cccc(N2CCN(/C=C(/C#N)C(=O)N(C)C3CCN(C)CC3)CC2)c1C. The molecule has 0 radical (unpaired) electrons. The van der Waals surface area contributed by atoms with Crippen LogP contribution in [0.5, 0.6) is 0 Å². The van der Waals surface area contributed by atoms with Crippen molar-refractivity contribution in [2.24, 2.45) is 0 Å². The molecule has 2 saturated heterocycles. The van der Waals surface area contributed by atoms with Crippen molar-refractivity contribution in [3.8, 4) is 6.07 Å². The Bertz CT molecular complexity index is 796. The minimum Gasteiger partial charge on any atom is -0.373 e. The Balaban J connectivity index is 1.61. The number of hydrogen-bond acceptors (Lipinski definition) is 5. The number of amides is 1. The van der Waals surface area contributed by atoms with Crippen molar-refractivity contribution in [1.29, 1.82) is 5.26 Å². The molecule has 0 aliphatic carbocycles. The van der Waals surface area contributed by atoms with Crippen molar-refractivity contribution in [2.75, 3.05) is 58.3 Å². The highest BCUT2D eigenvalue weighted by molar-refractivity contribution is 5.97. The molecule has 2 fully saturated rings. The largest absolute Gasteiger partial charge is 0.373 e. The van der Waals surface area contributed by atoms with Crippen LogP contribution in [-0.2, 0) is 4.79 Å². The monoisotopic (exact) mass is 395 g/mol. The van der Waals surface area contributed by atoms with Gasteiger partial charge in [0.2, 0.25) is 0 Å². The summed E-state index contributed by atoms with van der Waals surface area (Å²) in [4.78, 5) is 21.4. The number of aryl methyl sites for hydroxylation is 1. The third-order valence-corrected chi connectivity index (χ3v) is 6.45. The third kappa shape index (κ3) is 4.91. The summed E-state index contributed by atoms with van der Waals surface area (Å²) < 4.78 is 0. The molecule has 0 saturated carbocycles. The Morgan fingerprint density at radius 2 is 1.79 bits per heavy atom. The number of hydrogen-bond donors (Lipinski definition) is 0. The van der Waals surface area contributed by atoms with E-state index < -0.39 is 0 Å². The zero-order chi connectivity index (χ0) is 21.0. The number of likely N-dealkylation sites (N-methyl/N-ethyl adjacent to an activating group) is 1. The zero-order valence-electron chi connectivity index (χ0n) is 18.2. The van der Waals surface area contributed by atoms with Gasteiger partial charge in [-0.2, -0.15) is 5.26 Å². The van der Waals surface area contributed by atoms with Crippen LogP contribution in [0.15, 0.2) is 30.0 Å². The van der Waals surface area contributed by atoms with Gasteiger partial charge in [-0.1, -0.05) is 12.1 Å². The molecule has 0 unspecified atom stereocenters. The summed E-state index contributed by atoms with van der Waals surface area (Å²) in [5.41, 5.74) is 4.15. The molecule has 0 N–H and O–H groups in total. The summed E-state index contributed by atoms with van der Waals surface area (Å²) in [6.45, 7) is 9.69. The molecule has 2 aliphatic heterocycles.